The van der Waals surface area contributed by atoms with E-state index in [0.29, 0.717) is 38.7 Å². The van der Waals surface area contributed by atoms with E-state index in [0.717, 1.165) is 25.7 Å². The van der Waals surface area contributed by atoms with Gasteiger partial charge in [-0.1, -0.05) is 60.1 Å². The lowest BCUT2D eigenvalue weighted by Gasteiger charge is -2.72. The maximum Gasteiger partial charge on any atom is 0.317 e. The average Bonchev–Trinajstić information content (AvgIpc) is 3.29. The normalized spacial score (nSPS) is 52.6. The highest BCUT2D eigenvalue weighted by atomic mass is 16.8. The highest BCUT2D eigenvalue weighted by Gasteiger charge is 2.72. The van der Waals surface area contributed by atoms with Crippen molar-refractivity contribution in [3.63, 3.8) is 0 Å². The first-order chi connectivity index (χ1) is 32.3. The van der Waals surface area contributed by atoms with Crippen LogP contribution in [0.15, 0.2) is 11.6 Å². The van der Waals surface area contributed by atoms with E-state index in [2.05, 4.69) is 54.5 Å². The zero-order valence-corrected chi connectivity index (χ0v) is 41.5. The topological polar surface area (TPSA) is 304 Å². The van der Waals surface area contributed by atoms with Crippen LogP contribution in [0.3, 0.4) is 0 Å². The number of hydrogen-bond acceptors (Lipinski definition) is 19. The van der Waals surface area contributed by atoms with Crippen molar-refractivity contribution < 1.29 is 94.1 Å². The molecule has 3 heterocycles. The van der Waals surface area contributed by atoms with Crippen molar-refractivity contribution in [1.29, 1.82) is 0 Å². The van der Waals surface area contributed by atoms with Crippen LogP contribution < -0.4 is 0 Å². The van der Waals surface area contributed by atoms with E-state index in [-0.39, 0.29) is 34.0 Å². The molecule has 0 radical (unpaired) electrons. The van der Waals surface area contributed by atoms with Crippen LogP contribution in [0.25, 0.3) is 0 Å². The predicted molar refractivity (Wildman–Crippen MR) is 241 cm³/mol. The van der Waals surface area contributed by atoms with Crippen molar-refractivity contribution in [1.82, 2.24) is 0 Å². The molecule has 9 unspecified atom stereocenters. The highest BCUT2D eigenvalue weighted by Crippen LogP contribution is 2.76. The number of fused-ring (bicyclic) bond motifs is 7. The number of rotatable bonds is 11. The van der Waals surface area contributed by atoms with Crippen molar-refractivity contribution in [3.8, 4) is 0 Å². The lowest BCUT2D eigenvalue weighted by molar-refractivity contribution is -0.378. The lowest BCUT2D eigenvalue weighted by Crippen LogP contribution is -2.69. The van der Waals surface area contributed by atoms with Gasteiger partial charge in [0.2, 0.25) is 6.29 Å². The summed E-state index contributed by atoms with van der Waals surface area (Å²) in [5.41, 5.74) is -1.48. The lowest BCUT2D eigenvalue weighted by atomic mass is 9.33. The minimum absolute atomic E-state index is 0.116. The molecule has 0 aromatic heterocycles. The van der Waals surface area contributed by atoms with Gasteiger partial charge in [0, 0.05) is 6.61 Å². The Balaban J connectivity index is 1.08. The molecule has 0 amide bonds. The Morgan fingerprint density at radius 3 is 1.78 bits per heavy atom. The Labute approximate surface area is 405 Å². The van der Waals surface area contributed by atoms with Gasteiger partial charge in [-0.25, -0.2) is 0 Å². The summed E-state index contributed by atoms with van der Waals surface area (Å²) in [6.07, 6.45) is -16.0. The molecular weight excluding hydrogens is 905 g/mol. The molecule has 19 heteroatoms. The fraction of sp³-hybridized carbons (Fsp3) is 0.940. The van der Waals surface area contributed by atoms with Crippen molar-refractivity contribution >= 4 is 5.97 Å². The molecule has 3 aliphatic heterocycles. The summed E-state index contributed by atoms with van der Waals surface area (Å²) >= 11 is 0. The predicted octanol–water partition coefficient (Wildman–Crippen LogP) is 0.156. The van der Waals surface area contributed by atoms with Gasteiger partial charge < -0.3 is 89.3 Å². The molecule has 5 aliphatic carbocycles. The number of ether oxygens (including phenoxy) is 7. The number of aliphatic hydroxyl groups excluding tert-OH is 11. The standard InChI is InChI=1S/C50H82O19/c1-9-63-31-19-49(8)23(24-18-45(2,3)16-17-50(24,31)44(62)69-42-39(61)36(58)33(55)26(21-52)65-42)10-11-29-47(6)14-13-30(46(4,5)28(47)12-15-48(29,49)7)67-43-40(37(59)34(56)27(22-53)66-43)68-41-38(60)35(57)32(54)25(20-51)64-41/h10,24-43,51-61H,9,11-22H2,1-8H3/t24?,25-,26-,27-,28?,29?,30?,31?,32-,33-,34-,35+,36+,37+,38-,39-,40-,41+,42+,43+,47?,48?,49?,50?/m1/s1. The van der Waals surface area contributed by atoms with Crippen LogP contribution in [-0.2, 0) is 38.0 Å². The van der Waals surface area contributed by atoms with Crippen LogP contribution in [-0.4, -0.2) is 193 Å². The summed E-state index contributed by atoms with van der Waals surface area (Å²) in [6.45, 7) is 16.2. The van der Waals surface area contributed by atoms with E-state index >= 15 is 4.79 Å². The Morgan fingerprint density at radius 2 is 1.19 bits per heavy atom. The van der Waals surface area contributed by atoms with Crippen molar-refractivity contribution in [2.75, 3.05) is 26.4 Å². The second-order valence-corrected chi connectivity index (χ2v) is 24.0. The molecule has 4 saturated carbocycles. The van der Waals surface area contributed by atoms with E-state index in [1.165, 1.54) is 5.57 Å². The van der Waals surface area contributed by atoms with Gasteiger partial charge >= 0.3 is 5.97 Å². The summed E-state index contributed by atoms with van der Waals surface area (Å²) < 4.78 is 43.1. The minimum Gasteiger partial charge on any atom is -0.432 e. The molecule has 0 bridgehead atoms. The van der Waals surface area contributed by atoms with Gasteiger partial charge in [0.05, 0.1) is 32.0 Å². The average molecular weight is 987 g/mol. The third-order valence-electron chi connectivity index (χ3n) is 19.7. The quantitative estimate of drug-likeness (QED) is 0.0746. The molecule has 0 spiro atoms. The molecule has 8 aliphatic rings. The second-order valence-electron chi connectivity index (χ2n) is 24.0. The van der Waals surface area contributed by atoms with Gasteiger partial charge in [-0.3, -0.25) is 4.79 Å². The Bertz CT molecular complexity index is 1860. The monoisotopic (exact) mass is 987 g/mol. The third kappa shape index (κ3) is 8.50. The summed E-state index contributed by atoms with van der Waals surface area (Å²) in [5, 5.41) is 116. The Morgan fingerprint density at radius 1 is 0.623 bits per heavy atom. The molecule has 0 aromatic carbocycles. The van der Waals surface area contributed by atoms with Crippen LogP contribution in [0.4, 0.5) is 0 Å². The van der Waals surface area contributed by atoms with E-state index in [9.17, 15) is 56.2 Å². The fourth-order valence-corrected chi connectivity index (χ4v) is 15.5. The van der Waals surface area contributed by atoms with Crippen LogP contribution in [0.2, 0.25) is 0 Å². The first kappa shape index (κ1) is 53.8. The third-order valence-corrected chi connectivity index (χ3v) is 19.7. The van der Waals surface area contributed by atoms with Gasteiger partial charge in [-0.15, -0.1) is 0 Å². The summed E-state index contributed by atoms with van der Waals surface area (Å²) in [4.78, 5) is 15.1. The van der Waals surface area contributed by atoms with Crippen LogP contribution in [0, 0.1) is 50.2 Å². The molecule has 24 atom stereocenters. The molecule has 3 saturated heterocycles. The largest absolute Gasteiger partial charge is 0.432 e. The zero-order chi connectivity index (χ0) is 50.6. The smallest absolute Gasteiger partial charge is 0.317 e. The molecular formula is C50H82O19. The molecule has 19 nitrogen and oxygen atoms in total. The number of esters is 1. The van der Waals surface area contributed by atoms with Crippen LogP contribution >= 0.6 is 0 Å². The molecule has 0 aromatic rings. The molecule has 11 N–H and O–H groups in total. The zero-order valence-electron chi connectivity index (χ0n) is 41.5. The molecule has 396 valence electrons. The van der Waals surface area contributed by atoms with Crippen LogP contribution in [0.5, 0.6) is 0 Å². The van der Waals surface area contributed by atoms with Gasteiger partial charge in [-0.2, -0.15) is 0 Å². The summed E-state index contributed by atoms with van der Waals surface area (Å²) in [6, 6.07) is 0. The first-order valence-electron chi connectivity index (χ1n) is 25.4. The molecule has 7 fully saturated rings. The Kier molecular flexibility index (Phi) is 15.1. The minimum atomic E-state index is -1.79. The van der Waals surface area contributed by atoms with E-state index in [4.69, 9.17) is 33.2 Å². The number of allylic oxidation sites excluding steroid dienone is 2. The number of carbonyl (C=O) groups excluding carboxylic acids is 1. The second kappa shape index (κ2) is 19.3. The maximum absolute atomic E-state index is 15.1. The van der Waals surface area contributed by atoms with Crippen LogP contribution in [0.1, 0.15) is 113 Å². The van der Waals surface area contributed by atoms with E-state index < -0.39 is 146 Å². The van der Waals surface area contributed by atoms with Crippen molar-refractivity contribution in [2.45, 2.75) is 218 Å². The van der Waals surface area contributed by atoms with Crippen molar-refractivity contribution in [2.24, 2.45) is 50.2 Å². The maximum atomic E-state index is 15.1. The van der Waals surface area contributed by atoms with Gasteiger partial charge in [-0.05, 0) is 110 Å². The molecule has 69 heavy (non-hydrogen) atoms. The first-order valence-corrected chi connectivity index (χ1v) is 25.4. The highest BCUT2D eigenvalue weighted by molar-refractivity contribution is 5.80. The van der Waals surface area contributed by atoms with E-state index in [1.54, 1.807) is 0 Å². The van der Waals surface area contributed by atoms with Crippen molar-refractivity contribution in [3.05, 3.63) is 11.6 Å². The van der Waals surface area contributed by atoms with Gasteiger partial charge in [0.1, 0.15) is 78.7 Å². The number of hydrogen-bond donors (Lipinski definition) is 11. The van der Waals surface area contributed by atoms with Gasteiger partial charge in [0.25, 0.3) is 0 Å². The van der Waals surface area contributed by atoms with Gasteiger partial charge in [0.15, 0.2) is 12.6 Å². The SMILES string of the molecule is CCOC1CC2(C)C(=CCC3C4(C)CCC(O[C@@H]5O[C@H](CO)[C@@H](O)[C@H](O)[C@H]5O[C@@H]5O[C@H](CO)[C@@H](O)[C@H](O)[C@H]5O)C(C)(C)C4CCC32C)C2CC(C)(C)CCC12C(=O)O[C@@H]1O[C@H](CO)[C@@H](O)[C@H](O)[C@H]1O. The fourth-order valence-electron chi connectivity index (χ4n) is 15.5. The summed E-state index contributed by atoms with van der Waals surface area (Å²) in [5.74, 6) is -0.575. The number of carbonyl (C=O) groups is 1. The molecule has 8 rings (SSSR count). The van der Waals surface area contributed by atoms with E-state index in [1.807, 2.05) is 6.92 Å². The number of aliphatic hydroxyl groups is 11. The summed E-state index contributed by atoms with van der Waals surface area (Å²) in [7, 11) is 0. The Hall–Kier alpha value is -1.47.